The van der Waals surface area contributed by atoms with Gasteiger partial charge in [-0.2, -0.15) is 0 Å². The minimum Gasteiger partial charge on any atom is -0.464 e. The molecule has 0 spiro atoms. The van der Waals surface area contributed by atoms with Crippen LogP contribution in [0.5, 0.6) is 0 Å². The van der Waals surface area contributed by atoms with Gasteiger partial charge in [0.1, 0.15) is 17.0 Å². The molecular formula is C28H33N3O6. The van der Waals surface area contributed by atoms with Gasteiger partial charge in [-0.3, -0.25) is 0 Å². The maximum atomic E-state index is 12.0. The molecule has 2 aromatic heterocycles. The van der Waals surface area contributed by atoms with Gasteiger partial charge in [0, 0.05) is 34.9 Å². The monoisotopic (exact) mass is 507 g/mol. The number of nitrogens with zero attached hydrogens (tertiary/aromatic N) is 1. The average Bonchev–Trinajstić information content (AvgIpc) is 3.47. The van der Waals surface area contributed by atoms with Crippen molar-refractivity contribution in [1.82, 2.24) is 14.9 Å². The van der Waals surface area contributed by atoms with E-state index in [0.717, 1.165) is 21.8 Å². The summed E-state index contributed by atoms with van der Waals surface area (Å²) in [5, 5.41) is 4.72. The molecule has 4 aromatic rings. The fourth-order valence-electron chi connectivity index (χ4n) is 3.76. The molecule has 0 fully saturated rings. The van der Waals surface area contributed by atoms with Crippen LogP contribution in [0.1, 0.15) is 48.2 Å². The summed E-state index contributed by atoms with van der Waals surface area (Å²) in [6, 6.07) is 19.1. The summed E-state index contributed by atoms with van der Waals surface area (Å²) in [6.07, 6.45) is 0.232. The van der Waals surface area contributed by atoms with Crippen molar-refractivity contribution >= 4 is 39.8 Å². The topological polar surface area (TPSA) is 112 Å². The van der Waals surface area contributed by atoms with Crippen LogP contribution in [0.4, 0.5) is 4.79 Å². The predicted octanol–water partition coefficient (Wildman–Crippen LogP) is 5.30. The van der Waals surface area contributed by atoms with E-state index in [-0.39, 0.29) is 11.9 Å². The number of fused-ring (bicyclic) bond motifs is 2. The van der Waals surface area contributed by atoms with Gasteiger partial charge in [0.25, 0.3) is 0 Å². The van der Waals surface area contributed by atoms with Crippen LogP contribution < -0.4 is 5.32 Å². The van der Waals surface area contributed by atoms with E-state index in [0.29, 0.717) is 30.9 Å². The molecule has 37 heavy (non-hydrogen) atoms. The number of nitrogens with one attached hydrogen (secondary N) is 2. The molecule has 0 saturated heterocycles. The van der Waals surface area contributed by atoms with Crippen LogP contribution >= 0.6 is 0 Å². The summed E-state index contributed by atoms with van der Waals surface area (Å²) in [5.74, 6) is -0.706. The molecule has 0 saturated carbocycles. The summed E-state index contributed by atoms with van der Waals surface area (Å²) < 4.78 is 16.6. The lowest BCUT2D eigenvalue weighted by Crippen LogP contribution is -2.33. The van der Waals surface area contributed by atoms with Crippen LogP contribution in [0, 0.1) is 0 Å². The molecule has 9 nitrogen and oxygen atoms in total. The highest BCUT2D eigenvalue weighted by atomic mass is 16.6. The van der Waals surface area contributed by atoms with E-state index in [1.54, 1.807) is 6.07 Å². The Balaban J connectivity index is 0.000000244. The molecule has 0 aliphatic carbocycles. The Morgan fingerprint density at radius 2 is 1.54 bits per heavy atom. The molecule has 0 bridgehead atoms. The van der Waals surface area contributed by atoms with Crippen LogP contribution in [-0.4, -0.2) is 53.9 Å². The van der Waals surface area contributed by atoms with Gasteiger partial charge in [0.05, 0.1) is 14.2 Å². The van der Waals surface area contributed by atoms with Gasteiger partial charge in [-0.15, -0.1) is 0 Å². The molecule has 0 radical (unpaired) electrons. The number of aromatic amines is 1. The van der Waals surface area contributed by atoms with E-state index in [4.69, 9.17) is 9.47 Å². The molecule has 0 aliphatic rings. The van der Waals surface area contributed by atoms with Gasteiger partial charge in [-0.05, 0) is 51.5 Å². The van der Waals surface area contributed by atoms with Crippen LogP contribution in [0.25, 0.3) is 21.8 Å². The van der Waals surface area contributed by atoms with Crippen LogP contribution in [-0.2, 0) is 20.8 Å². The van der Waals surface area contributed by atoms with Crippen molar-refractivity contribution in [2.24, 2.45) is 0 Å². The number of esters is 2. The standard InChI is InChI=1S/C18H24N2O4.C10H9NO2/c1-18(2,3)24-17(22)19-10-7-11-20-14-9-6-5-8-13(14)12-15(20)16(21)23-4;1-13-10(12)9-6-7-4-2-3-5-8(7)11-9/h5-6,8-9,12H,7,10-11H2,1-4H3,(H,19,22);2-6,11H,1H3. The molecule has 2 aromatic carbocycles. The summed E-state index contributed by atoms with van der Waals surface area (Å²) in [6.45, 7) is 6.51. The van der Waals surface area contributed by atoms with E-state index in [1.165, 1.54) is 14.2 Å². The summed E-state index contributed by atoms with van der Waals surface area (Å²) in [4.78, 5) is 37.7. The second-order valence-electron chi connectivity index (χ2n) is 9.28. The molecule has 9 heteroatoms. The van der Waals surface area contributed by atoms with Gasteiger partial charge < -0.3 is 29.1 Å². The normalized spacial score (nSPS) is 10.9. The van der Waals surface area contributed by atoms with Crippen LogP contribution in [0.2, 0.25) is 0 Å². The van der Waals surface area contributed by atoms with E-state index < -0.39 is 11.7 Å². The number of carbonyl (C=O) groups excluding carboxylic acids is 3. The van der Waals surface area contributed by atoms with Gasteiger partial charge >= 0.3 is 18.0 Å². The largest absolute Gasteiger partial charge is 0.464 e. The molecule has 2 heterocycles. The Kier molecular flexibility index (Phi) is 8.95. The number of amides is 1. The highest BCUT2D eigenvalue weighted by molar-refractivity contribution is 5.96. The van der Waals surface area contributed by atoms with Crippen molar-refractivity contribution < 1.29 is 28.6 Å². The first-order valence-corrected chi connectivity index (χ1v) is 11.9. The quantitative estimate of drug-likeness (QED) is 0.208. The number of aryl methyl sites for hydroxylation is 1. The number of methoxy groups -OCH3 is 2. The molecular weight excluding hydrogens is 474 g/mol. The first kappa shape index (κ1) is 27.3. The maximum Gasteiger partial charge on any atom is 0.407 e. The van der Waals surface area contributed by atoms with Crippen molar-refractivity contribution in [3.05, 3.63) is 72.1 Å². The third-order valence-electron chi connectivity index (χ3n) is 5.37. The number of carbonyl (C=O) groups is 3. The minimum absolute atomic E-state index is 0.337. The molecule has 1 amide bonds. The van der Waals surface area contributed by atoms with Crippen molar-refractivity contribution in [2.45, 2.75) is 39.3 Å². The predicted molar refractivity (Wildman–Crippen MR) is 142 cm³/mol. The Morgan fingerprint density at radius 3 is 2.19 bits per heavy atom. The summed E-state index contributed by atoms with van der Waals surface area (Å²) in [5.41, 5.74) is 2.40. The van der Waals surface area contributed by atoms with Crippen molar-refractivity contribution in [3.8, 4) is 0 Å². The smallest absolute Gasteiger partial charge is 0.407 e. The fourth-order valence-corrected chi connectivity index (χ4v) is 3.76. The SMILES string of the molecule is COC(=O)c1cc2ccccc2[nH]1.COC(=O)c1cc2ccccc2n1CCCNC(=O)OC(C)(C)C. The summed E-state index contributed by atoms with van der Waals surface area (Å²) >= 11 is 0. The highest BCUT2D eigenvalue weighted by Crippen LogP contribution is 2.21. The zero-order valence-electron chi connectivity index (χ0n) is 21.8. The Morgan fingerprint density at radius 1 is 0.892 bits per heavy atom. The third kappa shape index (κ3) is 7.36. The number of hydrogen-bond donors (Lipinski definition) is 2. The first-order chi connectivity index (χ1) is 17.6. The van der Waals surface area contributed by atoms with Gasteiger partial charge in [-0.1, -0.05) is 36.4 Å². The second-order valence-corrected chi connectivity index (χ2v) is 9.28. The van der Waals surface area contributed by atoms with Crippen molar-refractivity contribution in [1.29, 1.82) is 0 Å². The molecule has 0 aliphatic heterocycles. The molecule has 4 rings (SSSR count). The van der Waals surface area contributed by atoms with E-state index >= 15 is 0 Å². The maximum absolute atomic E-state index is 12.0. The third-order valence-corrected chi connectivity index (χ3v) is 5.37. The van der Waals surface area contributed by atoms with Crippen molar-refractivity contribution in [2.75, 3.05) is 20.8 Å². The number of aromatic nitrogens is 2. The zero-order valence-corrected chi connectivity index (χ0v) is 21.8. The van der Waals surface area contributed by atoms with Crippen molar-refractivity contribution in [3.63, 3.8) is 0 Å². The number of rotatable bonds is 6. The molecule has 0 atom stereocenters. The number of para-hydroxylation sites is 2. The number of ether oxygens (including phenoxy) is 3. The van der Waals surface area contributed by atoms with E-state index in [9.17, 15) is 14.4 Å². The lowest BCUT2D eigenvalue weighted by atomic mass is 10.2. The minimum atomic E-state index is -0.515. The molecule has 196 valence electrons. The number of benzene rings is 2. The highest BCUT2D eigenvalue weighted by Gasteiger charge is 2.17. The number of alkyl carbamates (subject to hydrolysis) is 1. The lowest BCUT2D eigenvalue weighted by molar-refractivity contribution is 0.0522. The summed E-state index contributed by atoms with van der Waals surface area (Å²) in [7, 11) is 2.74. The fraction of sp³-hybridized carbons (Fsp3) is 0.321. The zero-order chi connectivity index (χ0) is 27.0. The average molecular weight is 508 g/mol. The van der Waals surface area contributed by atoms with Crippen LogP contribution in [0.3, 0.4) is 0 Å². The number of hydrogen-bond acceptors (Lipinski definition) is 6. The molecule has 0 unspecified atom stereocenters. The number of H-pyrrole nitrogens is 1. The molecule has 2 N–H and O–H groups in total. The van der Waals surface area contributed by atoms with E-state index in [2.05, 4.69) is 15.0 Å². The van der Waals surface area contributed by atoms with Gasteiger partial charge in [0.2, 0.25) is 0 Å². The van der Waals surface area contributed by atoms with Gasteiger partial charge in [0.15, 0.2) is 0 Å². The Hall–Kier alpha value is -4.27. The first-order valence-electron chi connectivity index (χ1n) is 11.9. The lowest BCUT2D eigenvalue weighted by Gasteiger charge is -2.19. The van der Waals surface area contributed by atoms with Gasteiger partial charge in [-0.25, -0.2) is 14.4 Å². The Labute approximate surface area is 215 Å². The van der Waals surface area contributed by atoms with E-state index in [1.807, 2.05) is 79.9 Å². The second kappa shape index (κ2) is 12.1. The Bertz CT molecular complexity index is 1350. The van der Waals surface area contributed by atoms with Crippen LogP contribution in [0.15, 0.2) is 60.7 Å².